The lowest BCUT2D eigenvalue weighted by atomic mass is 10.0. The van der Waals surface area contributed by atoms with Crippen LogP contribution in [0.2, 0.25) is 0 Å². The highest BCUT2D eigenvalue weighted by atomic mass is 19.1. The van der Waals surface area contributed by atoms with Crippen LogP contribution in [-0.4, -0.2) is 57.9 Å². The first kappa shape index (κ1) is 21.8. The van der Waals surface area contributed by atoms with Crippen molar-refractivity contribution in [3.8, 4) is 11.5 Å². The van der Waals surface area contributed by atoms with Crippen molar-refractivity contribution in [1.82, 2.24) is 10.2 Å². The zero-order valence-electron chi connectivity index (χ0n) is 17.3. The van der Waals surface area contributed by atoms with Gasteiger partial charge in [-0.15, -0.1) is 0 Å². The molecule has 1 N–H and O–H groups in total. The number of methoxy groups -OCH3 is 2. The topological polar surface area (TPSA) is 60.0 Å². The highest BCUT2D eigenvalue weighted by molar-refractivity contribution is 5.91. The Labute approximate surface area is 176 Å². The van der Waals surface area contributed by atoms with E-state index in [1.165, 1.54) is 18.2 Å². The van der Waals surface area contributed by atoms with Crippen molar-refractivity contribution in [2.75, 3.05) is 47.1 Å². The van der Waals surface area contributed by atoms with Crippen molar-refractivity contribution in [1.29, 1.82) is 0 Å². The number of ether oxygens (including phenoxy) is 3. The van der Waals surface area contributed by atoms with Gasteiger partial charge in [0.05, 0.1) is 33.5 Å². The minimum Gasteiger partial charge on any atom is -0.497 e. The molecule has 30 heavy (non-hydrogen) atoms. The van der Waals surface area contributed by atoms with Crippen molar-refractivity contribution in [3.63, 3.8) is 0 Å². The fourth-order valence-electron chi connectivity index (χ4n) is 3.39. The van der Waals surface area contributed by atoms with Gasteiger partial charge < -0.3 is 19.5 Å². The fraction of sp³-hybridized carbons (Fsp3) is 0.348. The summed E-state index contributed by atoms with van der Waals surface area (Å²) in [4.78, 5) is 14.7. The molecule has 160 valence electrons. The largest absolute Gasteiger partial charge is 0.497 e. The number of morpholine rings is 1. The van der Waals surface area contributed by atoms with E-state index >= 15 is 0 Å². The van der Waals surface area contributed by atoms with Crippen LogP contribution in [0, 0.1) is 5.82 Å². The van der Waals surface area contributed by atoms with E-state index in [9.17, 15) is 9.18 Å². The van der Waals surface area contributed by atoms with E-state index in [2.05, 4.69) is 10.2 Å². The second-order valence-corrected chi connectivity index (χ2v) is 6.94. The van der Waals surface area contributed by atoms with E-state index in [0.717, 1.165) is 24.2 Å². The first-order valence-electron chi connectivity index (χ1n) is 9.85. The summed E-state index contributed by atoms with van der Waals surface area (Å²) in [6.45, 7) is 3.22. The molecule has 2 aromatic carbocycles. The zero-order chi connectivity index (χ0) is 21.3. The molecule has 1 atom stereocenters. The summed E-state index contributed by atoms with van der Waals surface area (Å²) in [7, 11) is 3.16. The Kier molecular flexibility index (Phi) is 7.82. The molecule has 1 aliphatic heterocycles. The fourth-order valence-corrected chi connectivity index (χ4v) is 3.39. The number of nitrogens with zero attached hydrogens (tertiary/aromatic N) is 1. The summed E-state index contributed by atoms with van der Waals surface area (Å²) in [5, 5.41) is 2.96. The van der Waals surface area contributed by atoms with Crippen molar-refractivity contribution >= 4 is 12.0 Å². The Balaban J connectivity index is 1.66. The van der Waals surface area contributed by atoms with Gasteiger partial charge in [0.2, 0.25) is 5.91 Å². The highest BCUT2D eigenvalue weighted by Gasteiger charge is 2.23. The van der Waals surface area contributed by atoms with Crippen molar-refractivity contribution in [2.24, 2.45) is 0 Å². The third kappa shape index (κ3) is 6.05. The lowest BCUT2D eigenvalue weighted by molar-refractivity contribution is -0.116. The molecule has 0 saturated carbocycles. The molecule has 1 amide bonds. The molecule has 1 unspecified atom stereocenters. The average Bonchev–Trinajstić information content (AvgIpc) is 2.79. The van der Waals surface area contributed by atoms with E-state index in [1.807, 2.05) is 12.1 Å². The maximum absolute atomic E-state index is 13.3. The maximum Gasteiger partial charge on any atom is 0.244 e. The molecule has 1 fully saturated rings. The summed E-state index contributed by atoms with van der Waals surface area (Å²) < 4.78 is 29.3. The summed E-state index contributed by atoms with van der Waals surface area (Å²) >= 11 is 0. The minimum absolute atomic E-state index is 0.0521. The average molecular weight is 414 g/mol. The van der Waals surface area contributed by atoms with E-state index in [-0.39, 0.29) is 17.8 Å². The van der Waals surface area contributed by atoms with Crippen LogP contribution in [0.4, 0.5) is 4.39 Å². The third-order valence-corrected chi connectivity index (χ3v) is 5.01. The summed E-state index contributed by atoms with van der Waals surface area (Å²) in [6.07, 6.45) is 3.19. The number of rotatable bonds is 8. The quantitative estimate of drug-likeness (QED) is 0.673. The lowest BCUT2D eigenvalue weighted by Crippen LogP contribution is -2.43. The molecular weight excluding hydrogens is 387 g/mol. The maximum atomic E-state index is 13.3. The predicted octanol–water partition coefficient (Wildman–Crippen LogP) is 3.05. The Morgan fingerprint density at radius 1 is 1.13 bits per heavy atom. The van der Waals surface area contributed by atoms with Crippen LogP contribution in [-0.2, 0) is 9.53 Å². The molecule has 0 aliphatic carbocycles. The Morgan fingerprint density at radius 2 is 1.77 bits per heavy atom. The molecule has 1 heterocycles. The summed E-state index contributed by atoms with van der Waals surface area (Å²) in [6, 6.07) is 11.8. The van der Waals surface area contributed by atoms with Gasteiger partial charge in [-0.25, -0.2) is 4.39 Å². The van der Waals surface area contributed by atoms with E-state index in [4.69, 9.17) is 14.2 Å². The third-order valence-electron chi connectivity index (χ3n) is 5.01. The van der Waals surface area contributed by atoms with Gasteiger partial charge in [0, 0.05) is 31.8 Å². The van der Waals surface area contributed by atoms with Gasteiger partial charge in [-0.2, -0.15) is 0 Å². The number of carbonyl (C=O) groups is 1. The minimum atomic E-state index is -0.278. The second-order valence-electron chi connectivity index (χ2n) is 6.94. The lowest BCUT2D eigenvalue weighted by Gasteiger charge is -2.34. The van der Waals surface area contributed by atoms with Crippen LogP contribution in [0.3, 0.4) is 0 Å². The van der Waals surface area contributed by atoms with E-state index in [1.54, 1.807) is 38.5 Å². The van der Waals surface area contributed by atoms with Crippen molar-refractivity contribution in [2.45, 2.75) is 6.04 Å². The molecule has 1 saturated heterocycles. The number of nitrogens with one attached hydrogen (secondary N) is 1. The molecule has 2 aromatic rings. The summed E-state index contributed by atoms with van der Waals surface area (Å²) in [5.74, 6) is 0.813. The van der Waals surface area contributed by atoms with Crippen LogP contribution in [0.5, 0.6) is 11.5 Å². The zero-order valence-corrected chi connectivity index (χ0v) is 17.3. The molecular formula is C23H27FN2O4. The van der Waals surface area contributed by atoms with Crippen LogP contribution in [0.1, 0.15) is 17.2 Å². The second kappa shape index (κ2) is 10.8. The van der Waals surface area contributed by atoms with E-state index < -0.39 is 0 Å². The van der Waals surface area contributed by atoms with Gasteiger partial charge in [0.1, 0.15) is 17.3 Å². The molecule has 3 rings (SSSR count). The molecule has 0 radical (unpaired) electrons. The number of benzene rings is 2. The number of carbonyl (C=O) groups excluding carboxylic acids is 1. The molecule has 7 heteroatoms. The van der Waals surface area contributed by atoms with E-state index in [0.29, 0.717) is 31.3 Å². The normalized spacial score (nSPS) is 15.7. The number of halogens is 1. The molecule has 0 spiro atoms. The van der Waals surface area contributed by atoms with Gasteiger partial charge in [0.25, 0.3) is 0 Å². The monoisotopic (exact) mass is 414 g/mol. The molecule has 6 nitrogen and oxygen atoms in total. The van der Waals surface area contributed by atoms with Crippen LogP contribution in [0.15, 0.2) is 48.5 Å². The van der Waals surface area contributed by atoms with Crippen molar-refractivity contribution in [3.05, 3.63) is 65.5 Å². The molecule has 1 aliphatic rings. The predicted molar refractivity (Wildman–Crippen MR) is 113 cm³/mol. The Hall–Kier alpha value is -2.90. The van der Waals surface area contributed by atoms with Gasteiger partial charge in [-0.3, -0.25) is 9.69 Å². The van der Waals surface area contributed by atoms with Crippen LogP contribution >= 0.6 is 0 Å². The Bertz CT molecular complexity index is 842. The highest BCUT2D eigenvalue weighted by Crippen LogP contribution is 2.24. The van der Waals surface area contributed by atoms with Gasteiger partial charge >= 0.3 is 0 Å². The van der Waals surface area contributed by atoms with Gasteiger partial charge in [-0.1, -0.05) is 12.1 Å². The molecule has 0 aromatic heterocycles. The first-order valence-corrected chi connectivity index (χ1v) is 9.85. The van der Waals surface area contributed by atoms with Gasteiger partial charge in [0.15, 0.2) is 0 Å². The van der Waals surface area contributed by atoms with Crippen LogP contribution < -0.4 is 14.8 Å². The summed E-state index contributed by atoms with van der Waals surface area (Å²) in [5.41, 5.74) is 1.75. The van der Waals surface area contributed by atoms with Gasteiger partial charge in [-0.05, 0) is 41.5 Å². The van der Waals surface area contributed by atoms with Crippen LogP contribution in [0.25, 0.3) is 6.08 Å². The number of hydrogen-bond acceptors (Lipinski definition) is 5. The smallest absolute Gasteiger partial charge is 0.244 e. The Morgan fingerprint density at radius 3 is 2.37 bits per heavy atom. The number of amides is 1. The number of hydrogen-bond donors (Lipinski definition) is 1. The first-order chi connectivity index (χ1) is 14.6. The SMILES string of the molecule is COc1cc(C=CC(=O)NCC(c2ccc(F)cc2)N2CCOCC2)cc(OC)c1. The van der Waals surface area contributed by atoms with Crippen molar-refractivity contribution < 1.29 is 23.4 Å². The standard InChI is InChI=1S/C23H27FN2O4/c1-28-20-13-17(14-21(15-20)29-2)3-8-23(27)25-16-22(26-9-11-30-12-10-26)18-4-6-19(24)7-5-18/h3-8,13-15,22H,9-12,16H2,1-2H3,(H,25,27). The molecule has 0 bridgehead atoms.